The van der Waals surface area contributed by atoms with Crippen LogP contribution in [0.1, 0.15) is 19.4 Å². The highest BCUT2D eigenvalue weighted by molar-refractivity contribution is 7.80. The Balaban J connectivity index is 1.83. The Morgan fingerprint density at radius 1 is 1.07 bits per heavy atom. The summed E-state index contributed by atoms with van der Waals surface area (Å²) in [5.41, 5.74) is -0.112. The number of H-pyrrole nitrogens is 1. The zero-order valence-corrected chi connectivity index (χ0v) is 16.1. The lowest BCUT2D eigenvalue weighted by atomic mass is 9.80. The smallest absolute Gasteiger partial charge is 0.257 e. The molecule has 1 aliphatic heterocycles. The number of fused-ring (bicyclic) bond motifs is 1. The lowest BCUT2D eigenvalue weighted by molar-refractivity contribution is -0.125. The molecule has 3 aromatic rings. The molecule has 0 aliphatic carbocycles. The summed E-state index contributed by atoms with van der Waals surface area (Å²) >= 11 is 5.08. The second-order valence-corrected chi connectivity index (χ2v) is 7.57. The first-order valence-corrected chi connectivity index (χ1v) is 9.30. The molecular formula is C21H18FN3O2S. The normalized spacial score (nSPS) is 19.1. The first kappa shape index (κ1) is 18.3. The van der Waals surface area contributed by atoms with E-state index in [1.165, 1.54) is 6.07 Å². The van der Waals surface area contributed by atoms with Gasteiger partial charge in [-0.1, -0.05) is 38.1 Å². The number of aromatic nitrogens is 1. The molecule has 3 N–H and O–H groups in total. The van der Waals surface area contributed by atoms with Crippen LogP contribution in [0.5, 0.6) is 0 Å². The molecule has 0 spiro atoms. The number of aromatic amines is 1. The molecule has 0 bridgehead atoms. The third-order valence-electron chi connectivity index (χ3n) is 5.24. The van der Waals surface area contributed by atoms with Crippen LogP contribution in [0.2, 0.25) is 0 Å². The van der Waals surface area contributed by atoms with Gasteiger partial charge >= 0.3 is 0 Å². The molecule has 2 aromatic carbocycles. The zero-order chi connectivity index (χ0) is 20.1. The zero-order valence-electron chi connectivity index (χ0n) is 15.3. The summed E-state index contributed by atoms with van der Waals surface area (Å²) in [6.07, 6.45) is 0. The summed E-state index contributed by atoms with van der Waals surface area (Å²) in [6, 6.07) is 13.6. The van der Waals surface area contributed by atoms with Gasteiger partial charge in [-0.2, -0.15) is 0 Å². The van der Waals surface area contributed by atoms with Gasteiger partial charge in [0, 0.05) is 11.1 Å². The largest absolute Gasteiger partial charge is 0.344 e. The van der Waals surface area contributed by atoms with Crippen LogP contribution in [-0.4, -0.2) is 16.0 Å². The molecule has 28 heavy (non-hydrogen) atoms. The molecule has 1 unspecified atom stereocenters. The second kappa shape index (κ2) is 6.53. The Morgan fingerprint density at radius 2 is 1.86 bits per heavy atom. The van der Waals surface area contributed by atoms with Crippen LogP contribution in [0.4, 0.5) is 4.39 Å². The molecule has 0 radical (unpaired) electrons. The maximum absolute atomic E-state index is 14.1. The van der Waals surface area contributed by atoms with Gasteiger partial charge in [-0.25, -0.2) is 4.39 Å². The first-order chi connectivity index (χ1) is 13.3. The Morgan fingerprint density at radius 3 is 2.50 bits per heavy atom. The minimum atomic E-state index is -1.22. The number of amides is 1. The fourth-order valence-corrected chi connectivity index (χ4v) is 3.98. The van der Waals surface area contributed by atoms with E-state index in [2.05, 4.69) is 15.6 Å². The maximum atomic E-state index is 14.1. The number of hydrogen-bond acceptors (Lipinski definition) is 3. The predicted molar refractivity (Wildman–Crippen MR) is 110 cm³/mol. The van der Waals surface area contributed by atoms with Crippen LogP contribution >= 0.6 is 12.2 Å². The van der Waals surface area contributed by atoms with Crippen molar-refractivity contribution in [3.05, 3.63) is 70.3 Å². The minimum Gasteiger partial charge on any atom is -0.344 e. The standard InChI is InChI=1S/C21H18FN3O2S/c1-11(2)21(19(27)24-20(28)25-21)15-8-9-17(23-18(15)26)13-7-6-12-4-3-5-16(22)14(12)10-13/h3-11H,1-2H3,(H,23,26)(H2,24,25,27,28). The average Bonchev–Trinajstić information content (AvgIpc) is 2.96. The van der Waals surface area contributed by atoms with Crippen molar-refractivity contribution >= 4 is 34.0 Å². The number of benzene rings is 2. The van der Waals surface area contributed by atoms with Crippen molar-refractivity contribution in [1.82, 2.24) is 15.6 Å². The first-order valence-electron chi connectivity index (χ1n) is 8.89. The van der Waals surface area contributed by atoms with E-state index in [0.717, 1.165) is 5.39 Å². The summed E-state index contributed by atoms with van der Waals surface area (Å²) in [5, 5.41) is 7.00. The van der Waals surface area contributed by atoms with Gasteiger partial charge in [0.15, 0.2) is 10.7 Å². The van der Waals surface area contributed by atoms with Crippen LogP contribution in [-0.2, 0) is 10.3 Å². The monoisotopic (exact) mass is 395 g/mol. The molecule has 142 valence electrons. The molecule has 1 aliphatic rings. The van der Waals surface area contributed by atoms with Crippen molar-refractivity contribution in [2.45, 2.75) is 19.4 Å². The third-order valence-corrected chi connectivity index (χ3v) is 5.44. The van der Waals surface area contributed by atoms with Gasteiger partial charge in [-0.3, -0.25) is 9.59 Å². The van der Waals surface area contributed by atoms with Gasteiger partial charge in [0.25, 0.3) is 11.5 Å². The SMILES string of the molecule is CC(C)C1(c2ccc(-c3ccc4cccc(F)c4c3)[nH]c2=O)NC(=S)NC1=O. The number of hydrogen-bond donors (Lipinski definition) is 3. The van der Waals surface area contributed by atoms with E-state index < -0.39 is 11.1 Å². The summed E-state index contributed by atoms with van der Waals surface area (Å²) in [4.78, 5) is 28.3. The summed E-state index contributed by atoms with van der Waals surface area (Å²) in [5.74, 6) is -0.884. The Bertz CT molecular complexity index is 1190. The van der Waals surface area contributed by atoms with Crippen molar-refractivity contribution in [1.29, 1.82) is 0 Å². The number of carbonyl (C=O) groups excluding carboxylic acids is 1. The van der Waals surface area contributed by atoms with Crippen molar-refractivity contribution in [2.24, 2.45) is 5.92 Å². The second-order valence-electron chi connectivity index (χ2n) is 7.16. The van der Waals surface area contributed by atoms with E-state index in [1.807, 2.05) is 26.0 Å². The fourth-order valence-electron chi connectivity index (χ4n) is 3.73. The van der Waals surface area contributed by atoms with E-state index in [-0.39, 0.29) is 28.3 Å². The molecule has 2 heterocycles. The highest BCUT2D eigenvalue weighted by atomic mass is 32.1. The van der Waals surface area contributed by atoms with E-state index >= 15 is 0 Å². The van der Waals surface area contributed by atoms with Crippen LogP contribution in [0, 0.1) is 11.7 Å². The number of pyridine rings is 1. The highest BCUT2D eigenvalue weighted by Gasteiger charge is 2.50. The quantitative estimate of drug-likeness (QED) is 0.596. The number of thiocarbonyl (C=S) groups is 1. The predicted octanol–water partition coefficient (Wildman–Crippen LogP) is 3.19. The third kappa shape index (κ3) is 2.70. The molecule has 1 amide bonds. The van der Waals surface area contributed by atoms with Gasteiger partial charge < -0.3 is 15.6 Å². The summed E-state index contributed by atoms with van der Waals surface area (Å²) in [6.45, 7) is 3.69. The molecule has 1 fully saturated rings. The van der Waals surface area contributed by atoms with E-state index in [9.17, 15) is 14.0 Å². The Kier molecular flexibility index (Phi) is 4.27. The molecule has 7 heteroatoms. The van der Waals surface area contributed by atoms with Crippen LogP contribution in [0.3, 0.4) is 0 Å². The van der Waals surface area contributed by atoms with Gasteiger partial charge in [0.1, 0.15) is 5.82 Å². The Labute approximate surface area is 166 Å². The highest BCUT2D eigenvalue weighted by Crippen LogP contribution is 2.32. The molecule has 5 nitrogen and oxygen atoms in total. The molecule has 1 atom stereocenters. The van der Waals surface area contributed by atoms with Crippen molar-refractivity contribution in [2.75, 3.05) is 0 Å². The number of halogens is 1. The molecule has 0 saturated carbocycles. The van der Waals surface area contributed by atoms with Gasteiger partial charge in [-0.05, 0) is 53.4 Å². The van der Waals surface area contributed by atoms with Crippen molar-refractivity contribution < 1.29 is 9.18 Å². The van der Waals surface area contributed by atoms with Gasteiger partial charge in [-0.15, -0.1) is 0 Å². The van der Waals surface area contributed by atoms with Gasteiger partial charge in [0.2, 0.25) is 0 Å². The van der Waals surface area contributed by atoms with Gasteiger partial charge in [0.05, 0.1) is 5.56 Å². The summed E-state index contributed by atoms with van der Waals surface area (Å²) < 4.78 is 14.1. The topological polar surface area (TPSA) is 74.0 Å². The molecule has 1 aromatic heterocycles. The number of nitrogens with one attached hydrogen (secondary N) is 3. The van der Waals surface area contributed by atoms with Crippen LogP contribution in [0.25, 0.3) is 22.0 Å². The number of carbonyl (C=O) groups is 1. The maximum Gasteiger partial charge on any atom is 0.257 e. The molecule has 4 rings (SSSR count). The Hall–Kier alpha value is -3.06. The minimum absolute atomic E-state index is 0.201. The molecular weight excluding hydrogens is 377 g/mol. The number of rotatable bonds is 3. The fraction of sp³-hybridized carbons (Fsp3) is 0.190. The van der Waals surface area contributed by atoms with E-state index in [4.69, 9.17) is 12.2 Å². The van der Waals surface area contributed by atoms with Crippen molar-refractivity contribution in [3.63, 3.8) is 0 Å². The summed E-state index contributed by atoms with van der Waals surface area (Å²) in [7, 11) is 0. The van der Waals surface area contributed by atoms with Crippen LogP contribution < -0.4 is 16.2 Å². The molecule has 1 saturated heterocycles. The lowest BCUT2D eigenvalue weighted by Crippen LogP contribution is -2.51. The lowest BCUT2D eigenvalue weighted by Gasteiger charge is -2.30. The average molecular weight is 395 g/mol. The van der Waals surface area contributed by atoms with Crippen molar-refractivity contribution in [3.8, 4) is 11.3 Å². The van der Waals surface area contributed by atoms with E-state index in [0.29, 0.717) is 16.6 Å². The van der Waals surface area contributed by atoms with E-state index in [1.54, 1.807) is 30.3 Å². The van der Waals surface area contributed by atoms with Crippen LogP contribution in [0.15, 0.2) is 53.3 Å².